The summed E-state index contributed by atoms with van der Waals surface area (Å²) in [6.07, 6.45) is 6.26. The average molecular weight is 501 g/mol. The van der Waals surface area contributed by atoms with Crippen molar-refractivity contribution in [2.75, 3.05) is 28.1 Å². The minimum Gasteiger partial charge on any atom is -0.497 e. The maximum absolute atomic E-state index is 12.0. The summed E-state index contributed by atoms with van der Waals surface area (Å²) in [6.45, 7) is 3.20. The number of hydrogen-bond donors (Lipinski definition) is 0. The smallest absolute Gasteiger partial charge is 0.335 e. The summed E-state index contributed by atoms with van der Waals surface area (Å²) in [5, 5.41) is 0. The van der Waals surface area contributed by atoms with Crippen molar-refractivity contribution < 1.29 is 33.2 Å². The van der Waals surface area contributed by atoms with Gasteiger partial charge in [0.25, 0.3) is 0 Å². The molecule has 0 aromatic heterocycles. The third-order valence-corrected chi connectivity index (χ3v) is 5.65. The highest BCUT2D eigenvalue weighted by atomic mass is 16.7. The molecule has 2 aromatic rings. The maximum Gasteiger partial charge on any atom is 0.335 e. The monoisotopic (exact) mass is 500 g/mol. The van der Waals surface area contributed by atoms with Crippen LogP contribution in [0.15, 0.2) is 66.7 Å². The Morgan fingerprint density at radius 3 is 2.22 bits per heavy atom. The van der Waals surface area contributed by atoms with Crippen molar-refractivity contribution in [2.45, 2.75) is 64.1 Å². The summed E-state index contributed by atoms with van der Waals surface area (Å²) in [5.74, 6) is 0.376. The molecule has 0 amide bonds. The molecule has 0 saturated carbocycles. The predicted molar refractivity (Wildman–Crippen MR) is 139 cm³/mol. The van der Waals surface area contributed by atoms with Crippen molar-refractivity contribution in [3.63, 3.8) is 0 Å². The first-order chi connectivity index (χ1) is 17.5. The van der Waals surface area contributed by atoms with E-state index in [4.69, 9.17) is 28.4 Å². The second-order valence-electron chi connectivity index (χ2n) is 8.48. The average Bonchev–Trinajstić information content (AvgIpc) is 2.92. The Bertz CT molecular complexity index is 867. The van der Waals surface area contributed by atoms with Crippen LogP contribution < -0.4 is 4.74 Å². The third-order valence-electron chi connectivity index (χ3n) is 5.65. The standard InChI is InChI=1S/C29H40O7/c1-23(34-20-24-11-6-5-7-12-24)10-8-13-27(35-21-25-16-18-26(32-3)19-17-25)14-9-15-28(29(30)33-4)36-22-31-2/h5-7,9,11-12,14,16-19,23,27-28H,8,10,13,15,20-22H2,1-4H3/b14-9+/t23-,27+,28-/m0/s1. The van der Waals surface area contributed by atoms with E-state index in [-0.39, 0.29) is 19.0 Å². The molecule has 3 atom stereocenters. The van der Waals surface area contributed by atoms with E-state index in [1.165, 1.54) is 19.8 Å². The molecule has 7 heteroatoms. The van der Waals surface area contributed by atoms with Gasteiger partial charge in [-0.15, -0.1) is 0 Å². The van der Waals surface area contributed by atoms with Crippen molar-refractivity contribution in [1.29, 1.82) is 0 Å². The first-order valence-corrected chi connectivity index (χ1v) is 12.3. The fraction of sp³-hybridized carbons (Fsp3) is 0.483. The summed E-state index contributed by atoms with van der Waals surface area (Å²) < 4.78 is 32.6. The largest absolute Gasteiger partial charge is 0.497 e. The van der Waals surface area contributed by atoms with Gasteiger partial charge in [-0.3, -0.25) is 0 Å². The van der Waals surface area contributed by atoms with E-state index in [9.17, 15) is 4.79 Å². The van der Waals surface area contributed by atoms with Crippen LogP contribution in [0.1, 0.15) is 43.7 Å². The van der Waals surface area contributed by atoms with E-state index in [0.29, 0.717) is 19.6 Å². The van der Waals surface area contributed by atoms with Crippen LogP contribution in [-0.4, -0.2) is 52.4 Å². The first kappa shape index (κ1) is 29.5. The molecule has 0 fully saturated rings. The summed E-state index contributed by atoms with van der Waals surface area (Å²) in [6, 6.07) is 18.0. The van der Waals surface area contributed by atoms with Crippen LogP contribution in [0.25, 0.3) is 0 Å². The maximum atomic E-state index is 12.0. The number of carbonyl (C=O) groups is 1. The molecular formula is C29H40O7. The number of methoxy groups -OCH3 is 3. The van der Waals surface area contributed by atoms with E-state index in [1.807, 2.05) is 54.6 Å². The van der Waals surface area contributed by atoms with Gasteiger partial charge in [0, 0.05) is 13.5 Å². The van der Waals surface area contributed by atoms with Crippen molar-refractivity contribution in [3.8, 4) is 5.75 Å². The summed E-state index contributed by atoms with van der Waals surface area (Å²) in [5.41, 5.74) is 2.23. The first-order valence-electron chi connectivity index (χ1n) is 12.3. The Kier molecular flexibility index (Phi) is 14.5. The molecule has 0 spiro atoms. The van der Waals surface area contributed by atoms with Crippen molar-refractivity contribution >= 4 is 5.97 Å². The van der Waals surface area contributed by atoms with Crippen molar-refractivity contribution in [1.82, 2.24) is 0 Å². The molecular weight excluding hydrogens is 460 g/mol. The second-order valence-corrected chi connectivity index (χ2v) is 8.48. The van der Waals surface area contributed by atoms with Gasteiger partial charge in [0.15, 0.2) is 6.10 Å². The molecule has 198 valence electrons. The van der Waals surface area contributed by atoms with Gasteiger partial charge in [-0.05, 0) is 49.4 Å². The number of rotatable bonds is 18. The zero-order valence-corrected chi connectivity index (χ0v) is 21.9. The molecule has 2 rings (SSSR count). The van der Waals surface area contributed by atoms with Crippen LogP contribution in [0.3, 0.4) is 0 Å². The van der Waals surface area contributed by atoms with Crippen LogP contribution >= 0.6 is 0 Å². The fourth-order valence-electron chi connectivity index (χ4n) is 3.53. The summed E-state index contributed by atoms with van der Waals surface area (Å²) in [4.78, 5) is 12.0. The highest BCUT2D eigenvalue weighted by Crippen LogP contribution is 2.17. The lowest BCUT2D eigenvalue weighted by molar-refractivity contribution is -0.161. The van der Waals surface area contributed by atoms with Crippen LogP contribution in [-0.2, 0) is 41.7 Å². The van der Waals surface area contributed by atoms with Crippen molar-refractivity contribution in [2.24, 2.45) is 0 Å². The highest BCUT2D eigenvalue weighted by Gasteiger charge is 2.18. The van der Waals surface area contributed by atoms with Crippen molar-refractivity contribution in [3.05, 3.63) is 77.9 Å². The molecule has 0 saturated heterocycles. The fourth-order valence-corrected chi connectivity index (χ4v) is 3.53. The van der Waals surface area contributed by atoms with E-state index in [1.54, 1.807) is 7.11 Å². The Labute approximate surface area is 215 Å². The molecule has 7 nitrogen and oxygen atoms in total. The SMILES string of the molecule is COCO[C@@H](C/C=C/[C@@H](CCC[C@H](C)OCc1ccccc1)OCc1ccc(OC)cc1)C(=O)OC. The molecule has 0 aliphatic carbocycles. The number of esters is 1. The predicted octanol–water partition coefficient (Wildman–Crippen LogP) is 5.46. The zero-order valence-electron chi connectivity index (χ0n) is 21.9. The van der Waals surface area contributed by atoms with Gasteiger partial charge >= 0.3 is 5.97 Å². The minimum atomic E-state index is -0.722. The Hall–Kier alpha value is -2.71. The van der Waals surface area contributed by atoms with Gasteiger partial charge in [0.05, 0.1) is 39.6 Å². The van der Waals surface area contributed by atoms with Crippen LogP contribution in [0.5, 0.6) is 5.75 Å². The quantitative estimate of drug-likeness (QED) is 0.153. The van der Waals surface area contributed by atoms with Crippen LogP contribution in [0.2, 0.25) is 0 Å². The van der Waals surface area contributed by atoms with E-state index in [0.717, 1.165) is 30.6 Å². The van der Waals surface area contributed by atoms with Gasteiger partial charge < -0.3 is 28.4 Å². The van der Waals surface area contributed by atoms with Crippen LogP contribution in [0, 0.1) is 0 Å². The molecule has 0 bridgehead atoms. The second kappa shape index (κ2) is 17.7. The lowest BCUT2D eigenvalue weighted by atomic mass is 10.1. The van der Waals surface area contributed by atoms with Crippen LogP contribution in [0.4, 0.5) is 0 Å². The van der Waals surface area contributed by atoms with Gasteiger partial charge in [0.1, 0.15) is 12.5 Å². The number of carbonyl (C=O) groups excluding carboxylic acids is 1. The molecule has 0 aliphatic rings. The Morgan fingerprint density at radius 2 is 1.56 bits per heavy atom. The van der Waals surface area contributed by atoms with Gasteiger partial charge in [0.2, 0.25) is 0 Å². The lowest BCUT2D eigenvalue weighted by Gasteiger charge is -2.18. The molecule has 0 N–H and O–H groups in total. The van der Waals surface area contributed by atoms with E-state index >= 15 is 0 Å². The van der Waals surface area contributed by atoms with Gasteiger partial charge in [-0.1, -0.05) is 54.6 Å². The molecule has 0 aliphatic heterocycles. The summed E-state index contributed by atoms with van der Waals surface area (Å²) >= 11 is 0. The highest BCUT2D eigenvalue weighted by molar-refractivity contribution is 5.74. The third kappa shape index (κ3) is 11.8. The number of benzene rings is 2. The number of ether oxygens (including phenoxy) is 6. The van der Waals surface area contributed by atoms with Gasteiger partial charge in [-0.25, -0.2) is 4.79 Å². The van der Waals surface area contributed by atoms with Gasteiger partial charge in [-0.2, -0.15) is 0 Å². The Morgan fingerprint density at radius 1 is 0.861 bits per heavy atom. The minimum absolute atomic E-state index is 0.0197. The number of hydrogen-bond acceptors (Lipinski definition) is 7. The molecule has 0 heterocycles. The summed E-state index contributed by atoms with van der Waals surface area (Å²) in [7, 11) is 4.50. The lowest BCUT2D eigenvalue weighted by Crippen LogP contribution is -2.26. The topological polar surface area (TPSA) is 72.5 Å². The normalized spacial score (nSPS) is 13.9. The van der Waals surface area contributed by atoms with E-state index in [2.05, 4.69) is 19.1 Å². The zero-order chi connectivity index (χ0) is 26.0. The molecule has 2 aromatic carbocycles. The molecule has 0 radical (unpaired) electrons. The molecule has 36 heavy (non-hydrogen) atoms. The Balaban J connectivity index is 1.89. The molecule has 0 unspecified atom stereocenters. The van der Waals surface area contributed by atoms with E-state index < -0.39 is 12.1 Å².